The summed E-state index contributed by atoms with van der Waals surface area (Å²) in [6.07, 6.45) is -0.00738. The van der Waals surface area contributed by atoms with E-state index < -0.39 is 0 Å². The van der Waals surface area contributed by atoms with Crippen LogP contribution in [0.4, 0.5) is 10.5 Å². The molecule has 0 spiro atoms. The summed E-state index contributed by atoms with van der Waals surface area (Å²) in [7, 11) is 1.39. The molecule has 2 atom stereocenters. The molecule has 0 aromatic heterocycles. The van der Waals surface area contributed by atoms with Gasteiger partial charge in [0, 0.05) is 45.2 Å². The summed E-state index contributed by atoms with van der Waals surface area (Å²) in [6.45, 7) is 4.50. The zero-order valence-electron chi connectivity index (χ0n) is 15.6. The van der Waals surface area contributed by atoms with Crippen LogP contribution >= 0.6 is 0 Å². The van der Waals surface area contributed by atoms with Crippen LogP contribution in [-0.2, 0) is 19.1 Å². The lowest BCUT2D eigenvalue weighted by Crippen LogP contribution is -2.48. The molecule has 2 fully saturated rings. The average molecular weight is 375 g/mol. The minimum Gasteiger partial charge on any atom is -0.460 e. The highest BCUT2D eigenvalue weighted by Crippen LogP contribution is 2.31. The van der Waals surface area contributed by atoms with E-state index in [-0.39, 0.29) is 30.0 Å². The fraction of sp³-hybridized carbons (Fsp3) is 0.526. The van der Waals surface area contributed by atoms with Gasteiger partial charge in [-0.1, -0.05) is 12.1 Å². The minimum absolute atomic E-state index is 0.133. The van der Waals surface area contributed by atoms with E-state index in [2.05, 4.69) is 10.2 Å². The molecule has 8 heteroatoms. The van der Waals surface area contributed by atoms with Crippen molar-refractivity contribution < 1.29 is 23.9 Å². The van der Waals surface area contributed by atoms with Gasteiger partial charge in [-0.3, -0.25) is 9.59 Å². The van der Waals surface area contributed by atoms with E-state index in [1.165, 1.54) is 14.0 Å². The predicted octanol–water partition coefficient (Wildman–Crippen LogP) is 1.11. The smallest absolute Gasteiger partial charge is 0.409 e. The zero-order valence-corrected chi connectivity index (χ0v) is 15.6. The van der Waals surface area contributed by atoms with Gasteiger partial charge in [0.25, 0.3) is 0 Å². The lowest BCUT2D eigenvalue weighted by atomic mass is 9.95. The van der Waals surface area contributed by atoms with E-state index in [4.69, 9.17) is 9.47 Å². The van der Waals surface area contributed by atoms with Crippen molar-refractivity contribution in [3.63, 3.8) is 0 Å². The topological polar surface area (TPSA) is 88.2 Å². The third-order valence-electron chi connectivity index (χ3n) is 5.02. The first-order valence-electron chi connectivity index (χ1n) is 9.10. The zero-order chi connectivity index (χ0) is 19.4. The van der Waals surface area contributed by atoms with Crippen LogP contribution in [0.15, 0.2) is 24.3 Å². The number of anilines is 1. The number of piperazine rings is 1. The number of benzene rings is 1. The molecule has 2 aliphatic rings. The molecule has 0 bridgehead atoms. The molecule has 1 aromatic rings. The number of carbonyl (C=O) groups is 3. The van der Waals surface area contributed by atoms with Gasteiger partial charge >= 0.3 is 12.1 Å². The molecule has 27 heavy (non-hydrogen) atoms. The Bertz CT molecular complexity index is 698. The van der Waals surface area contributed by atoms with Crippen LogP contribution < -0.4 is 10.2 Å². The normalized spacial score (nSPS) is 22.4. The molecule has 8 nitrogen and oxygen atoms in total. The molecule has 0 radical (unpaired) electrons. The molecular formula is C19H25N3O5. The Morgan fingerprint density at radius 2 is 1.85 bits per heavy atom. The summed E-state index contributed by atoms with van der Waals surface area (Å²) in [5.74, 6) is -0.676. The molecular weight excluding hydrogens is 350 g/mol. The van der Waals surface area contributed by atoms with E-state index >= 15 is 0 Å². The Hall–Kier alpha value is -2.77. The number of hydrogen-bond donors (Lipinski definition) is 1. The third-order valence-corrected chi connectivity index (χ3v) is 5.02. The summed E-state index contributed by atoms with van der Waals surface area (Å²) < 4.78 is 10.1. The second-order valence-corrected chi connectivity index (χ2v) is 6.82. The second-order valence-electron chi connectivity index (χ2n) is 6.82. The lowest BCUT2D eigenvalue weighted by molar-refractivity contribution is -0.142. The van der Waals surface area contributed by atoms with Gasteiger partial charge in [0.05, 0.1) is 19.6 Å². The van der Waals surface area contributed by atoms with Gasteiger partial charge in [-0.2, -0.15) is 0 Å². The highest BCUT2D eigenvalue weighted by Gasteiger charge is 2.35. The fourth-order valence-corrected chi connectivity index (χ4v) is 3.50. The first kappa shape index (κ1) is 19.0. The van der Waals surface area contributed by atoms with Crippen molar-refractivity contribution in [2.75, 3.05) is 44.7 Å². The van der Waals surface area contributed by atoms with E-state index in [9.17, 15) is 14.4 Å². The molecule has 0 saturated carbocycles. The monoisotopic (exact) mass is 375 g/mol. The Kier molecular flexibility index (Phi) is 5.83. The standard InChI is InChI=1S/C19H25N3O5/c1-13(23)20-12-16-11-17(18(24)27-16)14-3-5-15(6-4-14)21-7-9-22(10-8-21)19(25)26-2/h3-6,16-17H,7-12H2,1-2H3,(H,20,23)/t16?,17-/m1/s1. The van der Waals surface area contributed by atoms with Crippen molar-refractivity contribution in [2.24, 2.45) is 0 Å². The van der Waals surface area contributed by atoms with Gasteiger partial charge < -0.3 is 24.6 Å². The molecule has 2 saturated heterocycles. The number of amides is 2. The van der Waals surface area contributed by atoms with Crippen LogP contribution in [0.5, 0.6) is 0 Å². The quantitative estimate of drug-likeness (QED) is 0.793. The summed E-state index contributed by atoms with van der Waals surface area (Å²) >= 11 is 0. The molecule has 1 N–H and O–H groups in total. The van der Waals surface area contributed by atoms with Gasteiger partial charge in [-0.05, 0) is 17.7 Å². The van der Waals surface area contributed by atoms with Crippen molar-refractivity contribution in [3.8, 4) is 0 Å². The van der Waals surface area contributed by atoms with E-state index in [0.29, 0.717) is 26.1 Å². The van der Waals surface area contributed by atoms with E-state index in [0.717, 1.165) is 24.3 Å². The van der Waals surface area contributed by atoms with Crippen molar-refractivity contribution in [3.05, 3.63) is 29.8 Å². The SMILES string of the molecule is COC(=O)N1CCN(c2ccc([C@H]3CC(CNC(C)=O)OC3=O)cc2)CC1. The number of nitrogens with zero attached hydrogens (tertiary/aromatic N) is 2. The first-order chi connectivity index (χ1) is 13.0. The van der Waals surface area contributed by atoms with Gasteiger partial charge in [-0.25, -0.2) is 4.79 Å². The largest absolute Gasteiger partial charge is 0.460 e. The summed E-state index contributed by atoms with van der Waals surface area (Å²) in [4.78, 5) is 38.6. The predicted molar refractivity (Wildman–Crippen MR) is 98.6 cm³/mol. The number of esters is 1. The Morgan fingerprint density at radius 1 is 1.19 bits per heavy atom. The van der Waals surface area contributed by atoms with Crippen LogP contribution in [0.1, 0.15) is 24.8 Å². The number of methoxy groups -OCH3 is 1. The maximum absolute atomic E-state index is 12.2. The Labute approximate surface area is 158 Å². The maximum atomic E-state index is 12.2. The number of carbonyl (C=O) groups excluding carboxylic acids is 3. The number of rotatable bonds is 4. The lowest BCUT2D eigenvalue weighted by Gasteiger charge is -2.35. The molecule has 0 aliphatic carbocycles. The van der Waals surface area contributed by atoms with Crippen LogP contribution in [0.2, 0.25) is 0 Å². The van der Waals surface area contributed by atoms with Crippen molar-refractivity contribution in [1.29, 1.82) is 0 Å². The fourth-order valence-electron chi connectivity index (χ4n) is 3.50. The van der Waals surface area contributed by atoms with Gasteiger partial charge in [0.1, 0.15) is 6.10 Å². The van der Waals surface area contributed by atoms with Crippen molar-refractivity contribution in [1.82, 2.24) is 10.2 Å². The number of hydrogen-bond acceptors (Lipinski definition) is 6. The number of nitrogens with one attached hydrogen (secondary N) is 1. The highest BCUT2D eigenvalue weighted by molar-refractivity contribution is 5.80. The second kappa shape index (κ2) is 8.28. The van der Waals surface area contributed by atoms with E-state index in [1.54, 1.807) is 4.90 Å². The molecule has 2 aliphatic heterocycles. The molecule has 146 valence electrons. The minimum atomic E-state index is -0.297. The van der Waals surface area contributed by atoms with Crippen LogP contribution in [-0.4, -0.2) is 68.8 Å². The average Bonchev–Trinajstić information content (AvgIpc) is 3.06. The van der Waals surface area contributed by atoms with Gasteiger partial charge in [-0.15, -0.1) is 0 Å². The summed E-state index contributed by atoms with van der Waals surface area (Å²) in [5, 5.41) is 2.69. The summed E-state index contributed by atoms with van der Waals surface area (Å²) in [5.41, 5.74) is 1.98. The van der Waals surface area contributed by atoms with Crippen molar-refractivity contribution in [2.45, 2.75) is 25.4 Å². The Morgan fingerprint density at radius 3 is 2.44 bits per heavy atom. The number of cyclic esters (lactones) is 1. The van der Waals surface area contributed by atoms with Crippen molar-refractivity contribution >= 4 is 23.7 Å². The molecule has 2 heterocycles. The van der Waals surface area contributed by atoms with Crippen LogP contribution in [0, 0.1) is 0 Å². The number of ether oxygens (including phenoxy) is 2. The van der Waals surface area contributed by atoms with Crippen LogP contribution in [0.25, 0.3) is 0 Å². The van der Waals surface area contributed by atoms with Gasteiger partial charge in [0.15, 0.2) is 0 Å². The van der Waals surface area contributed by atoms with Gasteiger partial charge in [0.2, 0.25) is 5.91 Å². The maximum Gasteiger partial charge on any atom is 0.409 e. The molecule has 3 rings (SSSR count). The first-order valence-corrected chi connectivity index (χ1v) is 9.10. The van der Waals surface area contributed by atoms with E-state index in [1.807, 2.05) is 24.3 Å². The molecule has 1 aromatic carbocycles. The third kappa shape index (κ3) is 4.50. The van der Waals surface area contributed by atoms with Crippen LogP contribution in [0.3, 0.4) is 0 Å². The Balaban J connectivity index is 1.57. The highest BCUT2D eigenvalue weighted by atomic mass is 16.6. The molecule has 1 unspecified atom stereocenters. The molecule has 2 amide bonds. The summed E-state index contributed by atoms with van der Waals surface area (Å²) in [6, 6.07) is 7.90.